The summed E-state index contributed by atoms with van der Waals surface area (Å²) in [5, 5.41) is 3.02. The van der Waals surface area contributed by atoms with Gasteiger partial charge in [0.1, 0.15) is 0 Å². The summed E-state index contributed by atoms with van der Waals surface area (Å²) in [6.07, 6.45) is 0. The lowest BCUT2D eigenvalue weighted by Crippen LogP contribution is -2.22. The number of rotatable bonds is 2. The Morgan fingerprint density at radius 3 is 2.50 bits per heavy atom. The van der Waals surface area contributed by atoms with Crippen LogP contribution in [0.3, 0.4) is 0 Å². The molecule has 0 aliphatic carbocycles. The predicted octanol–water partition coefficient (Wildman–Crippen LogP) is 1.74. The number of aryl methyl sites for hydroxylation is 1. The molecule has 1 aromatic rings. The second-order valence-corrected chi connectivity index (χ2v) is 3.50. The molecule has 0 aromatic heterocycles. The van der Waals surface area contributed by atoms with Crippen LogP contribution in [0.2, 0.25) is 0 Å². The fourth-order valence-electron chi connectivity index (χ4n) is 1.29. The van der Waals surface area contributed by atoms with Crippen molar-refractivity contribution >= 4 is 11.6 Å². The first-order valence-electron chi connectivity index (χ1n) is 4.56. The zero-order valence-corrected chi connectivity index (χ0v) is 9.09. The van der Waals surface area contributed by atoms with E-state index in [1.54, 1.807) is 19.0 Å². The first-order chi connectivity index (χ1) is 6.56. The van der Waals surface area contributed by atoms with Crippen LogP contribution in [0.15, 0.2) is 18.2 Å². The Hall–Kier alpha value is -1.51. The second-order valence-electron chi connectivity index (χ2n) is 3.50. The molecule has 0 atom stereocenters. The summed E-state index contributed by atoms with van der Waals surface area (Å²) in [5.41, 5.74) is 2.73. The molecule has 1 amide bonds. The lowest BCUT2D eigenvalue weighted by Gasteiger charge is -2.14. The van der Waals surface area contributed by atoms with Crippen LogP contribution in [-0.4, -0.2) is 32.0 Å². The van der Waals surface area contributed by atoms with E-state index in [2.05, 4.69) is 5.32 Å². The van der Waals surface area contributed by atoms with Gasteiger partial charge < -0.3 is 10.2 Å². The molecule has 14 heavy (non-hydrogen) atoms. The molecule has 0 spiro atoms. The largest absolute Gasteiger partial charge is 0.387 e. The third kappa shape index (κ3) is 2.05. The summed E-state index contributed by atoms with van der Waals surface area (Å²) in [4.78, 5) is 13.3. The van der Waals surface area contributed by atoms with Gasteiger partial charge >= 0.3 is 0 Å². The molecule has 3 nitrogen and oxygen atoms in total. The third-order valence-electron chi connectivity index (χ3n) is 2.08. The van der Waals surface area contributed by atoms with E-state index in [1.807, 2.05) is 32.2 Å². The number of nitrogens with one attached hydrogen (secondary N) is 1. The minimum Gasteiger partial charge on any atom is -0.387 e. The van der Waals surface area contributed by atoms with Crippen molar-refractivity contribution in [3.8, 4) is 0 Å². The molecule has 0 heterocycles. The van der Waals surface area contributed by atoms with Gasteiger partial charge in [0.05, 0.1) is 5.56 Å². The van der Waals surface area contributed by atoms with Gasteiger partial charge in [-0.2, -0.15) is 0 Å². The van der Waals surface area contributed by atoms with Gasteiger partial charge in [-0.05, 0) is 24.6 Å². The predicted molar refractivity (Wildman–Crippen MR) is 58.7 cm³/mol. The van der Waals surface area contributed by atoms with Gasteiger partial charge in [0.2, 0.25) is 0 Å². The summed E-state index contributed by atoms with van der Waals surface area (Å²) in [6.45, 7) is 2.00. The van der Waals surface area contributed by atoms with Crippen LogP contribution in [0.1, 0.15) is 15.9 Å². The molecule has 0 fully saturated rings. The van der Waals surface area contributed by atoms with Crippen molar-refractivity contribution in [1.82, 2.24) is 4.90 Å². The van der Waals surface area contributed by atoms with Crippen LogP contribution in [-0.2, 0) is 0 Å². The Balaban J connectivity index is 3.14. The van der Waals surface area contributed by atoms with Crippen molar-refractivity contribution in [3.05, 3.63) is 29.3 Å². The highest BCUT2D eigenvalue weighted by Crippen LogP contribution is 2.17. The number of hydrogen-bond acceptors (Lipinski definition) is 2. The van der Waals surface area contributed by atoms with Gasteiger partial charge in [0.15, 0.2) is 0 Å². The maximum atomic E-state index is 11.7. The smallest absolute Gasteiger partial charge is 0.255 e. The van der Waals surface area contributed by atoms with Crippen molar-refractivity contribution in [2.75, 3.05) is 26.5 Å². The van der Waals surface area contributed by atoms with E-state index in [9.17, 15) is 4.79 Å². The van der Waals surface area contributed by atoms with E-state index in [0.29, 0.717) is 5.56 Å². The van der Waals surface area contributed by atoms with Crippen molar-refractivity contribution in [2.45, 2.75) is 6.92 Å². The molecule has 0 saturated heterocycles. The van der Waals surface area contributed by atoms with Gasteiger partial charge in [-0.1, -0.05) is 6.07 Å². The Kier molecular flexibility index (Phi) is 3.12. The van der Waals surface area contributed by atoms with Crippen molar-refractivity contribution in [2.24, 2.45) is 0 Å². The second kappa shape index (κ2) is 4.13. The SMILES string of the molecule is CNc1cc(C)ccc1C(=O)N(C)C. The minimum atomic E-state index is 0.0225. The Labute approximate surface area is 84.7 Å². The number of anilines is 1. The van der Waals surface area contributed by atoms with Gasteiger partial charge in [-0.3, -0.25) is 4.79 Å². The standard InChI is InChI=1S/C11H16N2O/c1-8-5-6-9(10(7-8)12-2)11(14)13(3)4/h5-7,12H,1-4H3. The first-order valence-corrected chi connectivity index (χ1v) is 4.56. The van der Waals surface area contributed by atoms with Crippen LogP contribution >= 0.6 is 0 Å². The van der Waals surface area contributed by atoms with Crippen molar-refractivity contribution in [1.29, 1.82) is 0 Å². The van der Waals surface area contributed by atoms with Gasteiger partial charge in [0, 0.05) is 26.8 Å². The van der Waals surface area contributed by atoms with Gasteiger partial charge in [-0.15, -0.1) is 0 Å². The van der Waals surface area contributed by atoms with Crippen LogP contribution in [0, 0.1) is 6.92 Å². The lowest BCUT2D eigenvalue weighted by molar-refractivity contribution is 0.0828. The van der Waals surface area contributed by atoms with E-state index in [1.165, 1.54) is 0 Å². The van der Waals surface area contributed by atoms with Gasteiger partial charge in [0.25, 0.3) is 5.91 Å². The van der Waals surface area contributed by atoms with Crippen molar-refractivity contribution in [3.63, 3.8) is 0 Å². The topological polar surface area (TPSA) is 32.3 Å². The molecule has 3 heteroatoms. The van der Waals surface area contributed by atoms with Gasteiger partial charge in [-0.25, -0.2) is 0 Å². The zero-order chi connectivity index (χ0) is 10.7. The number of amides is 1. The lowest BCUT2D eigenvalue weighted by atomic mass is 10.1. The summed E-state index contributed by atoms with van der Waals surface area (Å²) < 4.78 is 0. The van der Waals surface area contributed by atoms with Crippen LogP contribution in [0.25, 0.3) is 0 Å². The number of hydrogen-bond donors (Lipinski definition) is 1. The summed E-state index contributed by atoms with van der Waals surface area (Å²) in [7, 11) is 5.32. The monoisotopic (exact) mass is 192 g/mol. The van der Waals surface area contributed by atoms with E-state index in [-0.39, 0.29) is 5.91 Å². The fourth-order valence-corrected chi connectivity index (χ4v) is 1.29. The summed E-state index contributed by atoms with van der Waals surface area (Å²) in [5.74, 6) is 0.0225. The fraction of sp³-hybridized carbons (Fsp3) is 0.364. The normalized spacial score (nSPS) is 9.71. The highest BCUT2D eigenvalue weighted by molar-refractivity contribution is 5.99. The molecular weight excluding hydrogens is 176 g/mol. The maximum Gasteiger partial charge on any atom is 0.255 e. The Morgan fingerprint density at radius 2 is 2.00 bits per heavy atom. The molecule has 1 N–H and O–H groups in total. The molecule has 0 unspecified atom stereocenters. The van der Waals surface area contributed by atoms with Crippen LogP contribution in [0.5, 0.6) is 0 Å². The summed E-state index contributed by atoms with van der Waals surface area (Å²) in [6, 6.07) is 5.76. The van der Waals surface area contributed by atoms with E-state index in [4.69, 9.17) is 0 Å². The van der Waals surface area contributed by atoms with Crippen LogP contribution in [0.4, 0.5) is 5.69 Å². The molecule has 0 aliphatic heterocycles. The molecule has 0 saturated carbocycles. The first kappa shape index (κ1) is 10.6. The van der Waals surface area contributed by atoms with E-state index < -0.39 is 0 Å². The number of carbonyl (C=O) groups excluding carboxylic acids is 1. The molecule has 1 rings (SSSR count). The third-order valence-corrected chi connectivity index (χ3v) is 2.08. The molecular formula is C11H16N2O. The van der Waals surface area contributed by atoms with Crippen LogP contribution < -0.4 is 5.32 Å². The zero-order valence-electron chi connectivity index (χ0n) is 9.09. The van der Waals surface area contributed by atoms with Crippen molar-refractivity contribution < 1.29 is 4.79 Å². The highest BCUT2D eigenvalue weighted by Gasteiger charge is 2.11. The molecule has 0 radical (unpaired) electrons. The Morgan fingerprint density at radius 1 is 1.36 bits per heavy atom. The average molecular weight is 192 g/mol. The summed E-state index contributed by atoms with van der Waals surface area (Å²) >= 11 is 0. The number of carbonyl (C=O) groups is 1. The Bertz CT molecular complexity index is 345. The quantitative estimate of drug-likeness (QED) is 0.774. The molecule has 0 bridgehead atoms. The minimum absolute atomic E-state index is 0.0225. The molecule has 1 aromatic carbocycles. The molecule has 76 valence electrons. The maximum absolute atomic E-state index is 11.7. The molecule has 0 aliphatic rings. The highest BCUT2D eigenvalue weighted by atomic mass is 16.2. The van der Waals surface area contributed by atoms with E-state index >= 15 is 0 Å². The average Bonchev–Trinajstić information content (AvgIpc) is 2.16. The number of benzene rings is 1. The van der Waals surface area contributed by atoms with E-state index in [0.717, 1.165) is 11.3 Å². The number of nitrogens with zero attached hydrogens (tertiary/aromatic N) is 1.